The maximum absolute atomic E-state index is 10.7. The number of fused-ring (bicyclic) bond motifs is 1. The van der Waals surface area contributed by atoms with Crippen molar-refractivity contribution in [3.05, 3.63) is 29.8 Å². The van der Waals surface area contributed by atoms with Gasteiger partial charge in [0.05, 0.1) is 17.4 Å². The maximum Gasteiger partial charge on any atom is 0.127 e. The topological polar surface area (TPSA) is 26.3 Å². The van der Waals surface area contributed by atoms with Crippen LogP contribution in [0.15, 0.2) is 24.3 Å². The van der Waals surface area contributed by atoms with E-state index in [0.29, 0.717) is 6.61 Å². The van der Waals surface area contributed by atoms with E-state index in [1.165, 1.54) is 0 Å². The van der Waals surface area contributed by atoms with Crippen molar-refractivity contribution in [3.8, 4) is 5.75 Å². The number of halogens is 1. The van der Waals surface area contributed by atoms with Crippen LogP contribution in [0.4, 0.5) is 0 Å². The van der Waals surface area contributed by atoms with E-state index in [1.54, 1.807) is 0 Å². The number of hydrogen-bond donors (Lipinski definition) is 0. The number of rotatable bonds is 1. The molecule has 68 valence electrons. The second-order valence-corrected chi connectivity index (χ2v) is 4.04. The summed E-state index contributed by atoms with van der Waals surface area (Å²) in [6.07, 6.45) is 0.940. The zero-order valence-electron chi connectivity index (χ0n) is 6.94. The number of alkyl halides is 1. The lowest BCUT2D eigenvalue weighted by molar-refractivity contribution is -0.112. The van der Waals surface area contributed by atoms with Gasteiger partial charge in [-0.1, -0.05) is 34.1 Å². The van der Waals surface area contributed by atoms with Crippen molar-refractivity contribution in [1.29, 1.82) is 0 Å². The minimum Gasteiger partial charge on any atom is -0.492 e. The molecule has 0 bridgehead atoms. The highest BCUT2D eigenvalue weighted by molar-refractivity contribution is 9.09. The zero-order chi connectivity index (χ0) is 9.26. The molecule has 3 heteroatoms. The molecule has 1 heterocycles. The fourth-order valence-electron chi connectivity index (χ4n) is 1.45. The number of para-hydroxylation sites is 1. The summed E-state index contributed by atoms with van der Waals surface area (Å²) in [5.74, 6) is 0.803. The molecule has 1 aliphatic heterocycles. The van der Waals surface area contributed by atoms with Gasteiger partial charge < -0.3 is 9.53 Å². The molecule has 0 fully saturated rings. The number of carbonyl (C=O) groups is 1. The van der Waals surface area contributed by atoms with Crippen molar-refractivity contribution in [2.45, 2.75) is 4.83 Å². The number of benzene rings is 1. The van der Waals surface area contributed by atoms with Gasteiger partial charge in [-0.25, -0.2) is 0 Å². The minimum absolute atomic E-state index is 0.0742. The molecule has 1 aliphatic rings. The molecule has 0 amide bonds. The van der Waals surface area contributed by atoms with Gasteiger partial charge in [0, 0.05) is 5.56 Å². The third kappa shape index (κ3) is 1.48. The highest BCUT2D eigenvalue weighted by atomic mass is 79.9. The highest BCUT2D eigenvalue weighted by Gasteiger charge is 2.27. The molecule has 1 aromatic rings. The van der Waals surface area contributed by atoms with E-state index in [2.05, 4.69) is 15.9 Å². The lowest BCUT2D eigenvalue weighted by Crippen LogP contribution is -2.23. The second-order valence-electron chi connectivity index (χ2n) is 3.05. The Morgan fingerprint density at radius 3 is 3.00 bits per heavy atom. The van der Waals surface area contributed by atoms with E-state index in [4.69, 9.17) is 4.74 Å². The first kappa shape index (κ1) is 8.75. The lowest BCUT2D eigenvalue weighted by Gasteiger charge is -2.26. The van der Waals surface area contributed by atoms with Crippen LogP contribution in [0, 0.1) is 5.92 Å². The average molecular weight is 241 g/mol. The average Bonchev–Trinajstić information content (AvgIpc) is 2.19. The molecular formula is C10H9BrO2. The van der Waals surface area contributed by atoms with Crippen LogP contribution in [-0.4, -0.2) is 12.9 Å². The summed E-state index contributed by atoms with van der Waals surface area (Å²) in [5, 5.41) is 0. The normalized spacial score (nSPS) is 25.9. The summed E-state index contributed by atoms with van der Waals surface area (Å²) in [6.45, 7) is 0.469. The lowest BCUT2D eigenvalue weighted by atomic mass is 9.98. The molecule has 0 spiro atoms. The van der Waals surface area contributed by atoms with E-state index in [1.807, 2.05) is 24.3 Å². The summed E-state index contributed by atoms with van der Waals surface area (Å²) in [4.78, 5) is 10.8. The molecule has 1 aromatic carbocycles. The van der Waals surface area contributed by atoms with Crippen LogP contribution in [0.5, 0.6) is 5.75 Å². The van der Waals surface area contributed by atoms with Crippen molar-refractivity contribution in [2.75, 3.05) is 6.61 Å². The Balaban J connectivity index is 2.38. The Morgan fingerprint density at radius 1 is 1.46 bits per heavy atom. The van der Waals surface area contributed by atoms with Gasteiger partial charge in [0.1, 0.15) is 12.0 Å². The third-order valence-electron chi connectivity index (χ3n) is 2.20. The fourth-order valence-corrected chi connectivity index (χ4v) is 2.10. The molecule has 0 radical (unpaired) electrons. The first-order valence-electron chi connectivity index (χ1n) is 4.14. The maximum atomic E-state index is 10.7. The van der Waals surface area contributed by atoms with Crippen LogP contribution in [0.25, 0.3) is 0 Å². The van der Waals surface area contributed by atoms with Crippen LogP contribution in [0.2, 0.25) is 0 Å². The van der Waals surface area contributed by atoms with Gasteiger partial charge in [-0.3, -0.25) is 0 Å². The zero-order valence-corrected chi connectivity index (χ0v) is 8.53. The van der Waals surface area contributed by atoms with E-state index >= 15 is 0 Å². The Bertz CT molecular complexity index is 324. The van der Waals surface area contributed by atoms with Crippen LogP contribution in [0.3, 0.4) is 0 Å². The standard InChI is InChI=1S/C10H9BrO2/c11-10-7(5-12)6-13-9-4-2-1-3-8(9)10/h1-5,7,10H,6H2. The number of carbonyl (C=O) groups excluding carboxylic acids is 1. The smallest absolute Gasteiger partial charge is 0.127 e. The second kappa shape index (κ2) is 3.50. The van der Waals surface area contributed by atoms with Crippen LogP contribution < -0.4 is 4.74 Å². The molecule has 0 aromatic heterocycles. The van der Waals surface area contributed by atoms with Gasteiger partial charge >= 0.3 is 0 Å². The molecule has 0 saturated carbocycles. The Labute approximate surface area is 85.0 Å². The highest BCUT2D eigenvalue weighted by Crippen LogP contribution is 2.39. The summed E-state index contributed by atoms with van der Waals surface area (Å²) in [6, 6.07) is 7.78. The van der Waals surface area contributed by atoms with Gasteiger partial charge in [0.2, 0.25) is 0 Å². The quantitative estimate of drug-likeness (QED) is 0.557. The SMILES string of the molecule is O=CC1COc2ccccc2C1Br. The molecule has 2 rings (SSSR count). The molecule has 0 aliphatic carbocycles. The van der Waals surface area contributed by atoms with Crippen molar-refractivity contribution in [2.24, 2.45) is 5.92 Å². The number of ether oxygens (including phenoxy) is 1. The van der Waals surface area contributed by atoms with E-state index in [9.17, 15) is 4.79 Å². The predicted molar refractivity (Wildman–Crippen MR) is 53.2 cm³/mol. The molecule has 0 saturated heterocycles. The third-order valence-corrected chi connectivity index (χ3v) is 3.37. The van der Waals surface area contributed by atoms with E-state index in [0.717, 1.165) is 17.6 Å². The molecule has 2 nitrogen and oxygen atoms in total. The summed E-state index contributed by atoms with van der Waals surface area (Å²) < 4.78 is 5.44. The summed E-state index contributed by atoms with van der Waals surface area (Å²) in [7, 11) is 0. The minimum atomic E-state index is -0.0742. The first-order chi connectivity index (χ1) is 6.33. The Morgan fingerprint density at radius 2 is 2.23 bits per heavy atom. The van der Waals surface area contributed by atoms with Gasteiger partial charge in [0.25, 0.3) is 0 Å². The molecular weight excluding hydrogens is 232 g/mol. The van der Waals surface area contributed by atoms with Crippen LogP contribution in [-0.2, 0) is 4.79 Å². The number of hydrogen-bond acceptors (Lipinski definition) is 2. The summed E-state index contributed by atoms with van der Waals surface area (Å²) >= 11 is 3.50. The Hall–Kier alpha value is -0.830. The van der Waals surface area contributed by atoms with Crippen LogP contribution >= 0.6 is 15.9 Å². The summed E-state index contributed by atoms with van der Waals surface area (Å²) in [5.41, 5.74) is 1.06. The molecule has 0 N–H and O–H groups in total. The molecule has 2 unspecified atom stereocenters. The van der Waals surface area contributed by atoms with Gasteiger partial charge in [0.15, 0.2) is 0 Å². The largest absolute Gasteiger partial charge is 0.492 e. The van der Waals surface area contributed by atoms with Gasteiger partial charge in [-0.05, 0) is 6.07 Å². The van der Waals surface area contributed by atoms with E-state index < -0.39 is 0 Å². The monoisotopic (exact) mass is 240 g/mol. The van der Waals surface area contributed by atoms with Crippen LogP contribution in [0.1, 0.15) is 10.4 Å². The van der Waals surface area contributed by atoms with Crippen molar-refractivity contribution >= 4 is 22.2 Å². The fraction of sp³-hybridized carbons (Fsp3) is 0.300. The van der Waals surface area contributed by atoms with E-state index in [-0.39, 0.29) is 10.7 Å². The van der Waals surface area contributed by atoms with Gasteiger partial charge in [-0.2, -0.15) is 0 Å². The molecule has 13 heavy (non-hydrogen) atoms. The first-order valence-corrected chi connectivity index (χ1v) is 5.05. The number of aldehydes is 1. The Kier molecular flexibility index (Phi) is 2.36. The van der Waals surface area contributed by atoms with Crippen molar-refractivity contribution in [3.63, 3.8) is 0 Å². The van der Waals surface area contributed by atoms with Crippen molar-refractivity contribution < 1.29 is 9.53 Å². The predicted octanol–water partition coefficient (Wildman–Crippen LogP) is 2.33. The van der Waals surface area contributed by atoms with Crippen molar-refractivity contribution in [1.82, 2.24) is 0 Å². The van der Waals surface area contributed by atoms with Gasteiger partial charge in [-0.15, -0.1) is 0 Å². The molecule has 2 atom stereocenters.